The Labute approximate surface area is 163 Å². The number of hydrogen-bond donors (Lipinski definition) is 3. The van der Waals surface area contributed by atoms with Crippen molar-refractivity contribution in [2.24, 2.45) is 0 Å². The number of carbonyl (C=O) groups is 1. The first-order valence-electron chi connectivity index (χ1n) is 8.62. The van der Waals surface area contributed by atoms with Crippen molar-refractivity contribution in [1.29, 1.82) is 0 Å². The molecule has 6 nitrogen and oxygen atoms in total. The second kappa shape index (κ2) is 5.94. The lowest BCUT2D eigenvalue weighted by Gasteiger charge is -2.17. The number of thiazole rings is 1. The van der Waals surface area contributed by atoms with Crippen molar-refractivity contribution in [3.63, 3.8) is 0 Å². The molecule has 3 N–H and O–H groups in total. The molecule has 0 aliphatic heterocycles. The van der Waals surface area contributed by atoms with Crippen molar-refractivity contribution in [3.8, 4) is 0 Å². The Kier molecular flexibility index (Phi) is 3.63. The van der Waals surface area contributed by atoms with Crippen LogP contribution in [-0.2, 0) is 4.79 Å². The molecule has 0 unspecified atom stereocenters. The molecule has 136 valence electrons. The molecule has 8 heteroatoms. The molecule has 1 amide bonds. The number of nitrogens with zero attached hydrogens (tertiary/aromatic N) is 2. The third-order valence-electron chi connectivity index (χ3n) is 4.91. The predicted octanol–water partition coefficient (Wildman–Crippen LogP) is 4.72. The van der Waals surface area contributed by atoms with Crippen LogP contribution in [0.15, 0.2) is 36.5 Å². The number of aromatic nitrogens is 3. The summed E-state index contributed by atoms with van der Waals surface area (Å²) in [7, 11) is 0. The van der Waals surface area contributed by atoms with Crippen molar-refractivity contribution in [2.45, 2.75) is 25.3 Å². The molecule has 27 heavy (non-hydrogen) atoms. The van der Waals surface area contributed by atoms with E-state index >= 15 is 0 Å². The van der Waals surface area contributed by atoms with Gasteiger partial charge in [-0.1, -0.05) is 22.9 Å². The molecule has 0 bridgehead atoms. The fraction of sp³-hybridized carbons (Fsp3) is 0.211. The molecule has 1 aliphatic rings. The average Bonchev–Trinajstić information content (AvgIpc) is 3.08. The van der Waals surface area contributed by atoms with Gasteiger partial charge < -0.3 is 5.32 Å². The summed E-state index contributed by atoms with van der Waals surface area (Å²) in [4.78, 5) is 17.5. The van der Waals surface area contributed by atoms with Gasteiger partial charge in [-0.3, -0.25) is 15.2 Å². The number of amides is 1. The maximum atomic E-state index is 12.9. The van der Waals surface area contributed by atoms with Crippen LogP contribution in [0.3, 0.4) is 0 Å². The van der Waals surface area contributed by atoms with Crippen LogP contribution in [0, 0.1) is 6.92 Å². The third kappa shape index (κ3) is 2.83. The maximum absolute atomic E-state index is 12.9. The van der Waals surface area contributed by atoms with Crippen LogP contribution in [0.1, 0.15) is 18.4 Å². The van der Waals surface area contributed by atoms with Gasteiger partial charge in [-0.25, -0.2) is 4.98 Å². The van der Waals surface area contributed by atoms with Gasteiger partial charge in [0.05, 0.1) is 21.9 Å². The Bertz CT molecular complexity index is 1180. The Balaban J connectivity index is 1.42. The van der Waals surface area contributed by atoms with E-state index in [1.54, 1.807) is 6.20 Å². The molecule has 0 spiro atoms. The second-order valence-electron chi connectivity index (χ2n) is 6.89. The van der Waals surface area contributed by atoms with E-state index in [0.717, 1.165) is 45.2 Å². The number of nitrogens with one attached hydrogen (secondary N) is 3. The zero-order chi connectivity index (χ0) is 18.6. The third-order valence-corrected chi connectivity index (χ3v) is 6.16. The van der Waals surface area contributed by atoms with E-state index in [2.05, 4.69) is 25.8 Å². The molecule has 0 radical (unpaired) electrons. The molecule has 2 aromatic heterocycles. The molecule has 4 aromatic rings. The summed E-state index contributed by atoms with van der Waals surface area (Å²) in [6, 6.07) is 9.41. The number of rotatable bonds is 4. The monoisotopic (exact) mass is 397 g/mol. The summed E-state index contributed by atoms with van der Waals surface area (Å²) < 4.78 is 1.03. The second-order valence-corrected chi connectivity index (χ2v) is 8.33. The minimum absolute atomic E-state index is 0.0578. The summed E-state index contributed by atoms with van der Waals surface area (Å²) in [5.74, 6) is -0.0578. The molecule has 1 saturated carbocycles. The lowest BCUT2D eigenvalue weighted by atomic mass is 10.1. The van der Waals surface area contributed by atoms with Gasteiger partial charge in [0, 0.05) is 16.1 Å². The van der Waals surface area contributed by atoms with Gasteiger partial charge in [-0.15, -0.1) is 0 Å². The number of halogens is 1. The highest BCUT2D eigenvalue weighted by atomic mass is 35.5. The standard InChI is InChI=1S/C19H16ClN5OS/c1-10-8-14-13(9-21-25-14)16-15(10)22-18(27-16)23-17(26)19(6-7-19)24-12-4-2-11(20)3-5-12/h2-5,8-9,24H,6-7H2,1H3,(H,21,25)(H,22,23,26). The van der Waals surface area contributed by atoms with Crippen LogP contribution in [0.25, 0.3) is 21.1 Å². The van der Waals surface area contributed by atoms with E-state index in [4.69, 9.17) is 11.6 Å². The number of H-pyrrole nitrogens is 1. The molecule has 2 heterocycles. The predicted molar refractivity (Wildman–Crippen MR) is 110 cm³/mol. The van der Waals surface area contributed by atoms with Crippen molar-refractivity contribution < 1.29 is 4.79 Å². The molecule has 1 fully saturated rings. The molecule has 2 aromatic carbocycles. The first-order valence-corrected chi connectivity index (χ1v) is 9.82. The Morgan fingerprint density at radius 3 is 2.81 bits per heavy atom. The van der Waals surface area contributed by atoms with Crippen LogP contribution in [0.2, 0.25) is 5.02 Å². The highest BCUT2D eigenvalue weighted by Crippen LogP contribution is 2.41. The number of anilines is 2. The molecule has 5 rings (SSSR count). The normalized spacial score (nSPS) is 15.2. The van der Waals surface area contributed by atoms with Crippen molar-refractivity contribution in [2.75, 3.05) is 10.6 Å². The Morgan fingerprint density at radius 1 is 1.30 bits per heavy atom. The zero-order valence-corrected chi connectivity index (χ0v) is 16.0. The Hall–Kier alpha value is -2.64. The van der Waals surface area contributed by atoms with Crippen LogP contribution >= 0.6 is 22.9 Å². The first kappa shape index (κ1) is 16.5. The number of carbonyl (C=O) groups excluding carboxylic acids is 1. The number of aromatic amines is 1. The summed E-state index contributed by atoms with van der Waals surface area (Å²) in [5, 5.41) is 15.7. The van der Waals surface area contributed by atoms with Gasteiger partial charge in [0.25, 0.3) is 5.91 Å². The average molecular weight is 398 g/mol. The van der Waals surface area contributed by atoms with Crippen LogP contribution in [0.4, 0.5) is 10.8 Å². The lowest BCUT2D eigenvalue weighted by Crippen LogP contribution is -2.36. The number of fused-ring (bicyclic) bond motifs is 3. The smallest absolute Gasteiger partial charge is 0.251 e. The first-order chi connectivity index (χ1) is 13.0. The van der Waals surface area contributed by atoms with Gasteiger partial charge in [0.2, 0.25) is 0 Å². The summed E-state index contributed by atoms with van der Waals surface area (Å²) in [5.41, 5.74) is 3.24. The summed E-state index contributed by atoms with van der Waals surface area (Å²) in [6.07, 6.45) is 3.38. The minimum Gasteiger partial charge on any atom is -0.371 e. The van der Waals surface area contributed by atoms with Crippen molar-refractivity contribution >= 4 is 60.8 Å². The quantitative estimate of drug-likeness (QED) is 0.465. The van der Waals surface area contributed by atoms with Crippen molar-refractivity contribution in [1.82, 2.24) is 15.2 Å². The fourth-order valence-corrected chi connectivity index (χ4v) is 4.43. The van der Waals surface area contributed by atoms with Gasteiger partial charge in [0.15, 0.2) is 5.13 Å². The molecular formula is C19H16ClN5OS. The molecule has 0 atom stereocenters. The topological polar surface area (TPSA) is 82.7 Å². The van der Waals surface area contributed by atoms with Gasteiger partial charge in [0.1, 0.15) is 5.54 Å². The van der Waals surface area contributed by atoms with Crippen molar-refractivity contribution in [3.05, 3.63) is 47.1 Å². The van der Waals surface area contributed by atoms with E-state index < -0.39 is 5.54 Å². The van der Waals surface area contributed by atoms with Crippen LogP contribution in [0.5, 0.6) is 0 Å². The zero-order valence-electron chi connectivity index (χ0n) is 14.5. The number of benzene rings is 2. The SMILES string of the molecule is Cc1cc2[nH]ncc2c2sc(NC(=O)C3(Nc4ccc(Cl)cc4)CC3)nc12. The van der Waals surface area contributed by atoms with Crippen LogP contribution < -0.4 is 10.6 Å². The lowest BCUT2D eigenvalue weighted by molar-refractivity contribution is -0.117. The van der Waals surface area contributed by atoms with E-state index in [-0.39, 0.29) is 5.91 Å². The van der Waals surface area contributed by atoms with Gasteiger partial charge >= 0.3 is 0 Å². The summed E-state index contributed by atoms with van der Waals surface area (Å²) >= 11 is 7.41. The maximum Gasteiger partial charge on any atom is 0.251 e. The van der Waals surface area contributed by atoms with E-state index in [9.17, 15) is 4.79 Å². The fourth-order valence-electron chi connectivity index (χ4n) is 3.26. The molecule has 0 saturated heterocycles. The number of aryl methyl sites for hydroxylation is 1. The highest BCUT2D eigenvalue weighted by molar-refractivity contribution is 7.23. The Morgan fingerprint density at radius 2 is 2.07 bits per heavy atom. The van der Waals surface area contributed by atoms with E-state index in [1.807, 2.05) is 37.3 Å². The number of hydrogen-bond acceptors (Lipinski definition) is 5. The highest BCUT2D eigenvalue weighted by Gasteiger charge is 2.50. The largest absolute Gasteiger partial charge is 0.371 e. The van der Waals surface area contributed by atoms with Gasteiger partial charge in [-0.2, -0.15) is 5.10 Å². The minimum atomic E-state index is -0.578. The molecule has 1 aliphatic carbocycles. The van der Waals surface area contributed by atoms with Crippen LogP contribution in [-0.4, -0.2) is 26.6 Å². The van der Waals surface area contributed by atoms with E-state index in [1.165, 1.54) is 11.3 Å². The van der Waals surface area contributed by atoms with E-state index in [0.29, 0.717) is 10.2 Å². The summed E-state index contributed by atoms with van der Waals surface area (Å²) in [6.45, 7) is 2.01. The molecular weight excluding hydrogens is 382 g/mol. The van der Waals surface area contributed by atoms with Gasteiger partial charge in [-0.05, 0) is 55.7 Å².